The fourth-order valence-electron chi connectivity index (χ4n) is 5.24. The number of methoxy groups -OCH3 is 1. The molecule has 0 amide bonds. The van der Waals surface area contributed by atoms with Gasteiger partial charge in [0.05, 0.1) is 12.8 Å². The monoisotopic (exact) mass is 448 g/mol. The maximum Gasteiger partial charge on any atom is 0.319 e. The first-order valence-corrected chi connectivity index (χ1v) is 11.1. The number of fused-ring (bicyclic) bond motifs is 2. The number of hydrogen-bond acceptors (Lipinski definition) is 9. The highest BCUT2D eigenvalue weighted by Gasteiger charge is 2.54. The van der Waals surface area contributed by atoms with Gasteiger partial charge in [-0.25, -0.2) is 4.98 Å². The Bertz CT molecular complexity index is 1150. The lowest BCUT2D eigenvalue weighted by atomic mass is 9.84. The van der Waals surface area contributed by atoms with E-state index in [-0.39, 0.29) is 28.9 Å². The molecule has 0 spiro atoms. The minimum atomic E-state index is 0.0580. The third kappa shape index (κ3) is 3.86. The Labute approximate surface area is 192 Å². The van der Waals surface area contributed by atoms with Gasteiger partial charge in [0.1, 0.15) is 18.2 Å². The number of aromatic nitrogens is 5. The van der Waals surface area contributed by atoms with Crippen LogP contribution in [0, 0.1) is 0 Å². The van der Waals surface area contributed by atoms with E-state index in [4.69, 9.17) is 9.47 Å². The number of nitrogens with zero attached hydrogens (tertiary/aromatic N) is 6. The molecule has 1 N–H and O–H groups in total. The standard InChI is InChI=1S/C24H28N6O3/c1-23-9-10-24(2,30(23)3)13-16(12-23)33-20-8-7-18(28-29-20)17-6-5-15(11-19(17)31)21-25-14-26-22(27-21)32-4/h5-8,11,14,16,31H,9-10,12-13H2,1-4H3/t16?,23-,24+. The predicted molar refractivity (Wildman–Crippen MR) is 122 cm³/mol. The van der Waals surface area contributed by atoms with Crippen LogP contribution in [0.15, 0.2) is 36.7 Å². The number of benzene rings is 1. The number of ether oxygens (including phenoxy) is 2. The van der Waals surface area contributed by atoms with E-state index >= 15 is 0 Å². The lowest BCUT2D eigenvalue weighted by Crippen LogP contribution is -2.57. The predicted octanol–water partition coefficient (Wildman–Crippen LogP) is 3.49. The second-order valence-corrected chi connectivity index (χ2v) is 9.49. The van der Waals surface area contributed by atoms with Crippen LogP contribution < -0.4 is 9.47 Å². The summed E-state index contributed by atoms with van der Waals surface area (Å²) in [6.07, 6.45) is 5.82. The summed E-state index contributed by atoms with van der Waals surface area (Å²) in [5.74, 6) is 0.976. The molecule has 0 aliphatic carbocycles. The van der Waals surface area contributed by atoms with E-state index < -0.39 is 0 Å². The molecule has 2 bridgehead atoms. The molecule has 0 saturated carbocycles. The van der Waals surface area contributed by atoms with Gasteiger partial charge in [-0.15, -0.1) is 10.2 Å². The zero-order valence-electron chi connectivity index (χ0n) is 19.3. The lowest BCUT2D eigenvalue weighted by molar-refractivity contribution is -0.0266. The van der Waals surface area contributed by atoms with Crippen LogP contribution in [0.5, 0.6) is 17.6 Å². The van der Waals surface area contributed by atoms with Gasteiger partial charge in [0.25, 0.3) is 0 Å². The molecule has 4 heterocycles. The van der Waals surface area contributed by atoms with Crippen molar-refractivity contribution in [3.8, 4) is 40.3 Å². The first-order valence-electron chi connectivity index (χ1n) is 11.1. The van der Waals surface area contributed by atoms with E-state index in [0.29, 0.717) is 28.5 Å². The summed E-state index contributed by atoms with van der Waals surface area (Å²) in [6.45, 7) is 4.64. The molecule has 5 rings (SSSR count). The van der Waals surface area contributed by atoms with Crippen molar-refractivity contribution in [2.45, 2.75) is 56.7 Å². The zero-order chi connectivity index (χ0) is 23.2. The molecule has 1 unspecified atom stereocenters. The van der Waals surface area contributed by atoms with Gasteiger partial charge >= 0.3 is 6.01 Å². The van der Waals surface area contributed by atoms with E-state index in [1.54, 1.807) is 12.1 Å². The van der Waals surface area contributed by atoms with E-state index in [2.05, 4.69) is 50.9 Å². The number of hydrogen-bond donors (Lipinski definition) is 1. The fraction of sp³-hybridized carbons (Fsp3) is 0.458. The van der Waals surface area contributed by atoms with Crippen molar-refractivity contribution in [3.63, 3.8) is 0 Å². The number of phenolic OH excluding ortho intramolecular Hbond substituents is 1. The summed E-state index contributed by atoms with van der Waals surface area (Å²) in [4.78, 5) is 14.8. The molecule has 9 nitrogen and oxygen atoms in total. The smallest absolute Gasteiger partial charge is 0.319 e. The molecular weight excluding hydrogens is 420 g/mol. The Kier molecular flexibility index (Phi) is 5.16. The van der Waals surface area contributed by atoms with Gasteiger partial charge in [-0.3, -0.25) is 4.90 Å². The van der Waals surface area contributed by atoms with Crippen LogP contribution in [-0.2, 0) is 0 Å². The van der Waals surface area contributed by atoms with Crippen molar-refractivity contribution in [2.75, 3.05) is 14.2 Å². The maximum atomic E-state index is 10.6. The molecule has 3 atom stereocenters. The van der Waals surface area contributed by atoms with Gasteiger partial charge in [0, 0.05) is 41.1 Å². The Morgan fingerprint density at radius 3 is 2.42 bits per heavy atom. The van der Waals surface area contributed by atoms with E-state index in [0.717, 1.165) is 12.8 Å². The highest BCUT2D eigenvalue weighted by Crippen LogP contribution is 2.49. The fourth-order valence-corrected chi connectivity index (χ4v) is 5.24. The van der Waals surface area contributed by atoms with Crippen LogP contribution in [0.4, 0.5) is 0 Å². The lowest BCUT2D eigenvalue weighted by Gasteiger charge is -2.48. The van der Waals surface area contributed by atoms with Crippen LogP contribution in [-0.4, -0.2) is 66.5 Å². The van der Waals surface area contributed by atoms with Crippen LogP contribution >= 0.6 is 0 Å². The summed E-state index contributed by atoms with van der Waals surface area (Å²) in [5, 5.41) is 19.2. The van der Waals surface area contributed by atoms with Crippen molar-refractivity contribution in [2.24, 2.45) is 0 Å². The molecule has 2 fully saturated rings. The average Bonchev–Trinajstić information content (AvgIpc) is 2.94. The second kappa shape index (κ2) is 7.91. The van der Waals surface area contributed by atoms with Crippen LogP contribution in [0.3, 0.4) is 0 Å². The summed E-state index contributed by atoms with van der Waals surface area (Å²) >= 11 is 0. The van der Waals surface area contributed by atoms with Gasteiger partial charge in [-0.1, -0.05) is 6.07 Å². The number of rotatable bonds is 5. The summed E-state index contributed by atoms with van der Waals surface area (Å²) in [7, 11) is 3.72. The van der Waals surface area contributed by atoms with Gasteiger partial charge in [-0.05, 0) is 51.9 Å². The molecule has 33 heavy (non-hydrogen) atoms. The van der Waals surface area contributed by atoms with Crippen LogP contribution in [0.25, 0.3) is 22.6 Å². The SMILES string of the molecule is COc1ncnc(-c2ccc(-c3ccc(OC4C[C@]5(C)CC[C@](C)(C4)N5C)nn3)c(O)c2)n1. The van der Waals surface area contributed by atoms with Crippen LogP contribution in [0.1, 0.15) is 39.5 Å². The normalized spacial score (nSPS) is 26.8. The third-order valence-electron chi connectivity index (χ3n) is 7.35. The Morgan fingerprint density at radius 1 is 1.03 bits per heavy atom. The molecule has 3 aromatic rings. The number of piperidine rings is 1. The minimum absolute atomic E-state index is 0.0580. The number of aromatic hydroxyl groups is 1. The highest BCUT2D eigenvalue weighted by molar-refractivity contribution is 5.71. The molecule has 2 aliphatic rings. The average molecular weight is 449 g/mol. The maximum absolute atomic E-state index is 10.6. The summed E-state index contributed by atoms with van der Waals surface area (Å²) < 4.78 is 11.3. The molecule has 2 aromatic heterocycles. The zero-order valence-corrected chi connectivity index (χ0v) is 19.3. The quantitative estimate of drug-likeness (QED) is 0.627. The van der Waals surface area contributed by atoms with Crippen molar-refractivity contribution in [3.05, 3.63) is 36.7 Å². The summed E-state index contributed by atoms with van der Waals surface area (Å²) in [5.41, 5.74) is 2.10. The molecule has 2 aliphatic heterocycles. The van der Waals surface area contributed by atoms with Gasteiger partial charge < -0.3 is 14.6 Å². The Morgan fingerprint density at radius 2 is 1.79 bits per heavy atom. The molecule has 1 aromatic carbocycles. The van der Waals surface area contributed by atoms with Gasteiger partial charge in [0.2, 0.25) is 5.88 Å². The second-order valence-electron chi connectivity index (χ2n) is 9.49. The molecule has 9 heteroatoms. The van der Waals surface area contributed by atoms with Gasteiger partial charge in [0.15, 0.2) is 5.82 Å². The van der Waals surface area contributed by atoms with E-state index in [9.17, 15) is 5.11 Å². The Hall–Kier alpha value is -3.33. The third-order valence-corrected chi connectivity index (χ3v) is 7.35. The summed E-state index contributed by atoms with van der Waals surface area (Å²) in [6, 6.07) is 9.01. The molecular formula is C24H28N6O3. The molecule has 0 radical (unpaired) electrons. The number of phenols is 1. The highest BCUT2D eigenvalue weighted by atomic mass is 16.5. The first kappa shape index (κ1) is 21.5. The van der Waals surface area contributed by atoms with Crippen molar-refractivity contribution in [1.82, 2.24) is 30.0 Å². The van der Waals surface area contributed by atoms with Crippen molar-refractivity contribution in [1.29, 1.82) is 0 Å². The molecule has 172 valence electrons. The van der Waals surface area contributed by atoms with Crippen molar-refractivity contribution >= 4 is 0 Å². The van der Waals surface area contributed by atoms with Crippen molar-refractivity contribution < 1.29 is 14.6 Å². The van der Waals surface area contributed by atoms with Crippen LogP contribution in [0.2, 0.25) is 0 Å². The van der Waals surface area contributed by atoms with E-state index in [1.165, 1.54) is 26.3 Å². The Balaban J connectivity index is 1.32. The minimum Gasteiger partial charge on any atom is -0.507 e. The first-order chi connectivity index (χ1) is 15.8. The molecule has 2 saturated heterocycles. The van der Waals surface area contributed by atoms with E-state index in [1.807, 2.05) is 18.2 Å². The topological polar surface area (TPSA) is 106 Å². The van der Waals surface area contributed by atoms with Gasteiger partial charge in [-0.2, -0.15) is 9.97 Å². The largest absolute Gasteiger partial charge is 0.507 e.